The van der Waals surface area contributed by atoms with E-state index in [1.807, 2.05) is 0 Å². The van der Waals surface area contributed by atoms with Gasteiger partial charge in [-0.15, -0.1) is 24.8 Å². The second kappa shape index (κ2) is 18.7. The van der Waals surface area contributed by atoms with Gasteiger partial charge < -0.3 is 0 Å². The van der Waals surface area contributed by atoms with Gasteiger partial charge >= 0.3 is 399 Å². The molecule has 8 rings (SSSR count). The maximum absolute atomic E-state index is 7.12. The molecular weight excluding hydrogens is 975 g/mol. The predicted octanol–water partition coefficient (Wildman–Crippen LogP) is 16.7. The molecule has 2 aromatic heterocycles. The van der Waals surface area contributed by atoms with Gasteiger partial charge in [0.15, 0.2) is 0 Å². The van der Waals surface area contributed by atoms with E-state index in [4.69, 9.17) is 8.83 Å². The third-order valence-electron chi connectivity index (χ3n) is 14.2. The molecule has 4 aromatic carbocycles. The fourth-order valence-corrected chi connectivity index (χ4v) is 31.9. The van der Waals surface area contributed by atoms with Crippen LogP contribution in [0.2, 0.25) is 52.4 Å². The average molecular weight is 1050 g/mol. The van der Waals surface area contributed by atoms with Crippen LogP contribution < -0.4 is 10.8 Å². The smallest absolute Gasteiger partial charge is 0.147 e. The third kappa shape index (κ3) is 9.64. The predicted molar refractivity (Wildman–Crippen MR) is 297 cm³/mol. The minimum atomic E-state index is -2.81. The van der Waals surface area contributed by atoms with Crippen molar-refractivity contribution >= 4 is 80.5 Å². The zero-order valence-corrected chi connectivity index (χ0v) is 50.1. The fraction of sp³-hybridized carbons (Fsp3) is 0.379. The van der Waals surface area contributed by atoms with Crippen LogP contribution in [0.1, 0.15) is 116 Å². The summed E-state index contributed by atoms with van der Waals surface area (Å²) in [5.74, 6) is 2.15. The number of fused-ring (bicyclic) bond motifs is 2. The van der Waals surface area contributed by atoms with E-state index < -0.39 is 41.9 Å². The standard InChI is InChI=1S/2C28H33OSi.C2H6Si.2ClH.Zr/c2*1-18-15-21-16-22(25-13-14-26(29-25)30(6,7)8)17-24(21)27(19(18)2)20-9-11-23(12-10-20)28(3,4)5;1-3-2;;;/h2*9-17H,1-8H3;1-2H3;2*1H;. The Morgan fingerprint density at radius 1 is 0.500 bits per heavy atom. The Morgan fingerprint density at radius 3 is 1.11 bits per heavy atom. The summed E-state index contributed by atoms with van der Waals surface area (Å²) in [4.78, 5) is 0. The second-order valence-corrected chi connectivity index (χ2v) is 51.2. The van der Waals surface area contributed by atoms with Crippen molar-refractivity contribution in [3.63, 3.8) is 0 Å². The first kappa shape index (κ1) is 52.4. The molecule has 2 nitrogen and oxygen atoms in total. The summed E-state index contributed by atoms with van der Waals surface area (Å²) in [7, 11) is -3.42. The molecule has 0 spiro atoms. The largest absolute Gasteiger partial charge is 0.147 e. The van der Waals surface area contributed by atoms with E-state index in [1.54, 1.807) is 0 Å². The van der Waals surface area contributed by atoms with Crippen molar-refractivity contribution in [2.45, 2.75) is 140 Å². The number of allylic oxidation sites excluding steroid dienone is 2. The van der Waals surface area contributed by atoms with Gasteiger partial charge in [-0.2, -0.15) is 0 Å². The molecule has 0 radical (unpaired) electrons. The number of hydrogen-bond donors (Lipinski definition) is 0. The van der Waals surface area contributed by atoms with Crippen LogP contribution in [0.3, 0.4) is 0 Å². The number of aryl methyl sites for hydroxylation is 2. The monoisotopic (exact) mass is 1050 g/mol. The summed E-state index contributed by atoms with van der Waals surface area (Å²) in [5, 5.41) is 2.36. The van der Waals surface area contributed by atoms with Crippen LogP contribution in [0.4, 0.5) is 0 Å². The SMILES string of the molecule is Cc1cc2c(c(-c3ccc(C(C)(C)C)cc3)c1C)C=C(c1ccc([Si](C)(C)C)o1)[CH]2[Zr]([CH]1C(c2ccc([Si](C)(C)C)o2)=Cc2c1cc(C)c(C)c2-c1ccc(C(C)(C)C)cc1)=[Si](C)C.Cl.Cl. The van der Waals surface area contributed by atoms with Crippen LogP contribution >= 0.6 is 24.8 Å². The second-order valence-electron chi connectivity index (χ2n) is 23.4. The minimum absolute atomic E-state index is 0. The molecule has 348 valence electrons. The van der Waals surface area contributed by atoms with E-state index in [1.165, 1.54) is 99.8 Å². The Labute approximate surface area is 420 Å². The van der Waals surface area contributed by atoms with E-state index in [9.17, 15) is 0 Å². The molecule has 66 heavy (non-hydrogen) atoms. The number of benzene rings is 4. The van der Waals surface area contributed by atoms with Crippen LogP contribution in [-0.4, -0.2) is 21.6 Å². The summed E-state index contributed by atoms with van der Waals surface area (Å²) in [5.41, 5.74) is 21.6. The van der Waals surface area contributed by atoms with Crippen LogP contribution in [0.5, 0.6) is 0 Å². The van der Waals surface area contributed by atoms with E-state index in [2.05, 4.69) is 219 Å². The summed E-state index contributed by atoms with van der Waals surface area (Å²) >= 11 is -2.81. The van der Waals surface area contributed by atoms with Gasteiger partial charge in [-0.1, -0.05) is 0 Å². The molecule has 2 heterocycles. The molecule has 2 aliphatic carbocycles. The molecule has 0 N–H and O–H groups in total. The molecule has 2 unspecified atom stereocenters. The summed E-state index contributed by atoms with van der Waals surface area (Å²) in [6.07, 6.45) is 5.19. The van der Waals surface area contributed by atoms with Crippen molar-refractivity contribution in [2.24, 2.45) is 0 Å². The van der Waals surface area contributed by atoms with Gasteiger partial charge in [-0.25, -0.2) is 0 Å². The van der Waals surface area contributed by atoms with Gasteiger partial charge in [-0.3, -0.25) is 0 Å². The number of rotatable bonds is 8. The molecule has 0 fully saturated rings. The maximum Gasteiger partial charge on any atom is -0.147 e. The fourth-order valence-electron chi connectivity index (χ4n) is 10.2. The Morgan fingerprint density at radius 2 is 0.833 bits per heavy atom. The molecule has 0 aliphatic heterocycles. The van der Waals surface area contributed by atoms with Crippen molar-refractivity contribution in [2.75, 3.05) is 0 Å². The van der Waals surface area contributed by atoms with Crippen LogP contribution in [-0.2, 0) is 31.2 Å². The molecule has 0 amide bonds. The maximum atomic E-state index is 7.12. The van der Waals surface area contributed by atoms with Gasteiger partial charge in [-0.05, 0) is 0 Å². The normalized spacial score (nSPS) is 16.0. The number of halogens is 2. The number of furan rings is 2. The zero-order valence-electron chi connectivity index (χ0n) is 43.0. The van der Waals surface area contributed by atoms with Gasteiger partial charge in [0.25, 0.3) is 0 Å². The van der Waals surface area contributed by atoms with Crippen molar-refractivity contribution in [1.29, 1.82) is 0 Å². The first-order chi connectivity index (χ1) is 29.8. The Balaban J connectivity index is 0.00000360. The molecule has 0 saturated heterocycles. The van der Waals surface area contributed by atoms with Crippen LogP contribution in [0.15, 0.2) is 93.8 Å². The van der Waals surface area contributed by atoms with E-state index in [0.29, 0.717) is 7.25 Å². The zero-order chi connectivity index (χ0) is 46.6. The summed E-state index contributed by atoms with van der Waals surface area (Å²) in [6.45, 7) is 43.0. The van der Waals surface area contributed by atoms with Crippen LogP contribution in [0.25, 0.3) is 45.6 Å². The third-order valence-corrected chi connectivity index (χ3v) is 36.9. The van der Waals surface area contributed by atoms with E-state index >= 15 is 0 Å². The van der Waals surface area contributed by atoms with Gasteiger partial charge in [0.1, 0.15) is 0 Å². The van der Waals surface area contributed by atoms with Crippen molar-refractivity contribution in [3.8, 4) is 22.3 Å². The molecular formula is C58H74Cl2O2Si3Zr. The molecule has 8 heteroatoms. The number of hydrogen-bond acceptors (Lipinski definition) is 2. The quantitative estimate of drug-likeness (QED) is 0.142. The molecule has 2 aliphatic rings. The van der Waals surface area contributed by atoms with Crippen LogP contribution in [0, 0.1) is 27.7 Å². The first-order valence-corrected chi connectivity index (χ1v) is 39.6. The van der Waals surface area contributed by atoms with Crippen molar-refractivity contribution in [3.05, 3.63) is 152 Å². The molecule has 6 aromatic rings. The van der Waals surface area contributed by atoms with Gasteiger partial charge in [0.2, 0.25) is 0 Å². The van der Waals surface area contributed by atoms with Crippen molar-refractivity contribution < 1.29 is 29.2 Å². The Bertz CT molecular complexity index is 2720. The molecule has 0 bridgehead atoms. The van der Waals surface area contributed by atoms with E-state index in [0.717, 1.165) is 11.5 Å². The topological polar surface area (TPSA) is 26.3 Å². The van der Waals surface area contributed by atoms with E-state index in [-0.39, 0.29) is 35.6 Å². The van der Waals surface area contributed by atoms with Gasteiger partial charge in [0, 0.05) is 0 Å². The average Bonchev–Trinajstić information content (AvgIpc) is 4.02. The Hall–Kier alpha value is -2.97. The summed E-state index contributed by atoms with van der Waals surface area (Å²) in [6, 6.07) is 33.4. The summed E-state index contributed by atoms with van der Waals surface area (Å²) < 4.78 is 14.9. The molecule has 2 atom stereocenters. The minimum Gasteiger partial charge on any atom is -0.147 e. The van der Waals surface area contributed by atoms with Gasteiger partial charge in [0.05, 0.1) is 0 Å². The molecule has 0 saturated carbocycles. The Kier molecular flexibility index (Phi) is 14.9. The van der Waals surface area contributed by atoms with Crippen molar-refractivity contribution in [1.82, 2.24) is 0 Å². The first-order valence-electron chi connectivity index (χ1n) is 23.6.